The molecule has 110 valence electrons. The van der Waals surface area contributed by atoms with E-state index < -0.39 is 0 Å². The second-order valence-corrected chi connectivity index (χ2v) is 6.09. The molecule has 1 aromatic rings. The molecule has 0 bridgehead atoms. The standard InChI is InChI=1S/C16H23NO3/c1-5-17(15(18)16(2,3)4)10-12-11-19-13-8-6-7-9-14(13)20-12/h6-9,12H,5,10-11H2,1-4H3. The average molecular weight is 277 g/mol. The van der Waals surface area contributed by atoms with Crippen molar-refractivity contribution in [3.63, 3.8) is 0 Å². The number of hydrogen-bond acceptors (Lipinski definition) is 3. The van der Waals surface area contributed by atoms with E-state index in [4.69, 9.17) is 9.47 Å². The number of carbonyl (C=O) groups excluding carboxylic acids is 1. The predicted molar refractivity (Wildman–Crippen MR) is 78.1 cm³/mol. The Labute approximate surface area is 120 Å². The number of nitrogens with zero attached hydrogens (tertiary/aromatic N) is 1. The van der Waals surface area contributed by atoms with Gasteiger partial charge in [0.2, 0.25) is 5.91 Å². The van der Waals surface area contributed by atoms with Crippen LogP contribution >= 0.6 is 0 Å². The number of likely N-dealkylation sites (N-methyl/N-ethyl adjacent to an activating group) is 1. The fourth-order valence-electron chi connectivity index (χ4n) is 2.23. The molecule has 1 aliphatic heterocycles. The van der Waals surface area contributed by atoms with E-state index in [-0.39, 0.29) is 17.4 Å². The SMILES string of the molecule is CCN(CC1COc2ccccc2O1)C(=O)C(C)(C)C. The van der Waals surface area contributed by atoms with Gasteiger partial charge in [-0.25, -0.2) is 0 Å². The molecule has 0 aromatic heterocycles. The fourth-order valence-corrected chi connectivity index (χ4v) is 2.23. The first-order chi connectivity index (χ1) is 9.41. The van der Waals surface area contributed by atoms with E-state index in [9.17, 15) is 4.79 Å². The van der Waals surface area contributed by atoms with Crippen molar-refractivity contribution < 1.29 is 14.3 Å². The van der Waals surface area contributed by atoms with E-state index in [1.165, 1.54) is 0 Å². The van der Waals surface area contributed by atoms with Crippen molar-refractivity contribution in [1.29, 1.82) is 0 Å². The summed E-state index contributed by atoms with van der Waals surface area (Å²) in [7, 11) is 0. The zero-order valence-corrected chi connectivity index (χ0v) is 12.7. The molecule has 0 saturated carbocycles. The lowest BCUT2D eigenvalue weighted by Gasteiger charge is -2.33. The van der Waals surface area contributed by atoms with Crippen LogP contribution in [0.3, 0.4) is 0 Å². The highest BCUT2D eigenvalue weighted by Crippen LogP contribution is 2.31. The molecule has 0 aliphatic carbocycles. The molecule has 1 amide bonds. The first-order valence-corrected chi connectivity index (χ1v) is 7.09. The Morgan fingerprint density at radius 3 is 2.55 bits per heavy atom. The first kappa shape index (κ1) is 14.7. The van der Waals surface area contributed by atoms with E-state index in [0.717, 1.165) is 11.5 Å². The molecule has 0 saturated heterocycles. The van der Waals surface area contributed by atoms with Crippen LogP contribution in [0.2, 0.25) is 0 Å². The van der Waals surface area contributed by atoms with E-state index in [1.54, 1.807) is 0 Å². The molecule has 0 radical (unpaired) electrons. The second-order valence-electron chi connectivity index (χ2n) is 6.09. The Morgan fingerprint density at radius 1 is 1.30 bits per heavy atom. The molecule has 0 spiro atoms. The first-order valence-electron chi connectivity index (χ1n) is 7.09. The van der Waals surface area contributed by atoms with Gasteiger partial charge >= 0.3 is 0 Å². The molecule has 1 atom stereocenters. The van der Waals surface area contributed by atoms with Crippen LogP contribution in [-0.2, 0) is 4.79 Å². The van der Waals surface area contributed by atoms with Crippen molar-refractivity contribution in [1.82, 2.24) is 4.90 Å². The highest BCUT2D eigenvalue weighted by Gasteiger charge is 2.30. The third-order valence-corrected chi connectivity index (χ3v) is 3.30. The van der Waals surface area contributed by atoms with Crippen molar-refractivity contribution in [2.45, 2.75) is 33.8 Å². The van der Waals surface area contributed by atoms with Crippen LogP contribution in [0.15, 0.2) is 24.3 Å². The average Bonchev–Trinajstić information content (AvgIpc) is 2.43. The zero-order chi connectivity index (χ0) is 14.8. The molecule has 20 heavy (non-hydrogen) atoms. The van der Waals surface area contributed by atoms with Crippen molar-refractivity contribution in [3.8, 4) is 11.5 Å². The van der Waals surface area contributed by atoms with Crippen LogP contribution in [0.1, 0.15) is 27.7 Å². The monoisotopic (exact) mass is 277 g/mol. The molecule has 4 heteroatoms. The quantitative estimate of drug-likeness (QED) is 0.852. The molecule has 1 aromatic carbocycles. The lowest BCUT2D eigenvalue weighted by molar-refractivity contribution is -0.140. The number of hydrogen-bond donors (Lipinski definition) is 0. The van der Waals surface area contributed by atoms with Gasteiger partial charge in [0.05, 0.1) is 6.54 Å². The highest BCUT2D eigenvalue weighted by molar-refractivity contribution is 5.81. The van der Waals surface area contributed by atoms with E-state index >= 15 is 0 Å². The van der Waals surface area contributed by atoms with E-state index in [2.05, 4.69) is 0 Å². The van der Waals surface area contributed by atoms with Crippen LogP contribution in [-0.4, -0.2) is 36.6 Å². The Morgan fingerprint density at radius 2 is 1.95 bits per heavy atom. The Kier molecular flexibility index (Phi) is 4.21. The smallest absolute Gasteiger partial charge is 0.228 e. The normalized spacial score (nSPS) is 17.7. The number of rotatable bonds is 3. The summed E-state index contributed by atoms with van der Waals surface area (Å²) in [5.74, 6) is 1.67. The summed E-state index contributed by atoms with van der Waals surface area (Å²) < 4.78 is 11.6. The lowest BCUT2D eigenvalue weighted by Crippen LogP contribution is -2.47. The summed E-state index contributed by atoms with van der Waals surface area (Å²) in [5, 5.41) is 0. The van der Waals surface area contributed by atoms with Crippen LogP contribution in [0, 0.1) is 5.41 Å². The molecular formula is C16H23NO3. The van der Waals surface area contributed by atoms with Gasteiger partial charge in [0.25, 0.3) is 0 Å². The molecule has 1 unspecified atom stereocenters. The topological polar surface area (TPSA) is 38.8 Å². The number of fused-ring (bicyclic) bond motifs is 1. The maximum atomic E-state index is 12.3. The molecule has 1 aliphatic rings. The molecular weight excluding hydrogens is 254 g/mol. The molecule has 0 fully saturated rings. The van der Waals surface area contributed by atoms with Gasteiger partial charge in [0, 0.05) is 12.0 Å². The summed E-state index contributed by atoms with van der Waals surface area (Å²) in [6.07, 6.45) is -0.115. The lowest BCUT2D eigenvalue weighted by atomic mass is 9.94. The Balaban J connectivity index is 2.02. The van der Waals surface area contributed by atoms with E-state index in [0.29, 0.717) is 19.7 Å². The molecule has 0 N–H and O–H groups in total. The van der Waals surface area contributed by atoms with Gasteiger partial charge in [-0.2, -0.15) is 0 Å². The van der Waals surface area contributed by atoms with E-state index in [1.807, 2.05) is 56.9 Å². The zero-order valence-electron chi connectivity index (χ0n) is 12.7. The van der Waals surface area contributed by atoms with Gasteiger partial charge in [-0.3, -0.25) is 4.79 Å². The number of ether oxygens (including phenoxy) is 2. The largest absolute Gasteiger partial charge is 0.486 e. The minimum atomic E-state index is -0.372. The van der Waals surface area contributed by atoms with Crippen LogP contribution < -0.4 is 9.47 Å². The van der Waals surface area contributed by atoms with Gasteiger partial charge in [-0.15, -0.1) is 0 Å². The van der Waals surface area contributed by atoms with Gasteiger partial charge < -0.3 is 14.4 Å². The van der Waals surface area contributed by atoms with Gasteiger partial charge in [0.15, 0.2) is 17.6 Å². The third kappa shape index (κ3) is 3.24. The van der Waals surface area contributed by atoms with Crippen LogP contribution in [0.5, 0.6) is 11.5 Å². The molecule has 1 heterocycles. The summed E-state index contributed by atoms with van der Waals surface area (Å²) >= 11 is 0. The van der Waals surface area contributed by atoms with Crippen molar-refractivity contribution in [2.75, 3.05) is 19.7 Å². The van der Waals surface area contributed by atoms with Crippen LogP contribution in [0.25, 0.3) is 0 Å². The predicted octanol–water partition coefficient (Wildman–Crippen LogP) is 2.72. The Hall–Kier alpha value is -1.71. The number of benzene rings is 1. The number of carbonyl (C=O) groups is 1. The molecule has 4 nitrogen and oxygen atoms in total. The van der Waals surface area contributed by atoms with Crippen molar-refractivity contribution in [3.05, 3.63) is 24.3 Å². The minimum Gasteiger partial charge on any atom is -0.486 e. The highest BCUT2D eigenvalue weighted by atomic mass is 16.6. The number of para-hydroxylation sites is 2. The number of amides is 1. The summed E-state index contributed by atoms with van der Waals surface area (Å²) in [5.41, 5.74) is -0.372. The maximum absolute atomic E-state index is 12.3. The second kappa shape index (κ2) is 5.73. The van der Waals surface area contributed by atoms with Gasteiger partial charge in [-0.1, -0.05) is 32.9 Å². The molecule has 2 rings (SSSR count). The Bertz CT molecular complexity index is 479. The summed E-state index contributed by atoms with van der Waals surface area (Å²) in [4.78, 5) is 14.2. The summed E-state index contributed by atoms with van der Waals surface area (Å²) in [6.45, 7) is 9.51. The van der Waals surface area contributed by atoms with Gasteiger partial charge in [-0.05, 0) is 19.1 Å². The maximum Gasteiger partial charge on any atom is 0.228 e. The minimum absolute atomic E-state index is 0.115. The van der Waals surface area contributed by atoms with Crippen LogP contribution in [0.4, 0.5) is 0 Å². The van der Waals surface area contributed by atoms with Crippen molar-refractivity contribution >= 4 is 5.91 Å². The summed E-state index contributed by atoms with van der Waals surface area (Å²) in [6, 6.07) is 7.62. The van der Waals surface area contributed by atoms with Gasteiger partial charge in [0.1, 0.15) is 6.61 Å². The third-order valence-electron chi connectivity index (χ3n) is 3.30. The fraction of sp³-hybridized carbons (Fsp3) is 0.562. The van der Waals surface area contributed by atoms with Crippen molar-refractivity contribution in [2.24, 2.45) is 5.41 Å².